The molecule has 0 aliphatic carbocycles. The monoisotopic (exact) mass is 390 g/mol. The van der Waals surface area contributed by atoms with Gasteiger partial charge < -0.3 is 15.0 Å². The van der Waals surface area contributed by atoms with E-state index in [1.54, 1.807) is 18.2 Å². The third-order valence-corrected chi connectivity index (χ3v) is 4.35. The van der Waals surface area contributed by atoms with E-state index >= 15 is 0 Å². The first-order valence-electron chi connectivity index (χ1n) is 7.89. The van der Waals surface area contributed by atoms with Gasteiger partial charge in [-0.1, -0.05) is 34.8 Å². The summed E-state index contributed by atoms with van der Waals surface area (Å²) < 4.78 is 5.37. The van der Waals surface area contributed by atoms with Gasteiger partial charge in [-0.3, -0.25) is 9.59 Å². The van der Waals surface area contributed by atoms with Crippen molar-refractivity contribution in [2.24, 2.45) is 0 Å². The molecule has 7 heteroatoms. The summed E-state index contributed by atoms with van der Waals surface area (Å²) >= 11 is 11.9. The minimum Gasteiger partial charge on any atom is -0.482 e. The molecule has 0 saturated carbocycles. The molecule has 1 heterocycles. The van der Waals surface area contributed by atoms with Crippen LogP contribution in [0.2, 0.25) is 10.0 Å². The number of nitrogens with one attached hydrogen (secondary N) is 2. The number of aryl methyl sites for hydroxylation is 1. The molecule has 0 saturated heterocycles. The minimum atomic E-state index is -0.371. The van der Waals surface area contributed by atoms with E-state index in [1.165, 1.54) is 6.07 Å². The summed E-state index contributed by atoms with van der Waals surface area (Å²) in [5.74, 6) is -0.0434. The van der Waals surface area contributed by atoms with Crippen LogP contribution in [0.1, 0.15) is 11.1 Å². The van der Waals surface area contributed by atoms with Crippen molar-refractivity contribution in [3.63, 3.8) is 0 Å². The number of pyridine rings is 1. The van der Waals surface area contributed by atoms with Gasteiger partial charge in [0.2, 0.25) is 0 Å². The van der Waals surface area contributed by atoms with Gasteiger partial charge in [-0.25, -0.2) is 0 Å². The highest BCUT2D eigenvalue weighted by molar-refractivity contribution is 6.34. The number of aromatic amines is 1. The Bertz CT molecular complexity index is 1030. The Morgan fingerprint density at radius 1 is 1.15 bits per heavy atom. The first-order chi connectivity index (χ1) is 12.4. The molecule has 0 spiro atoms. The zero-order chi connectivity index (χ0) is 18.7. The van der Waals surface area contributed by atoms with E-state index in [9.17, 15) is 9.59 Å². The van der Waals surface area contributed by atoms with Crippen molar-refractivity contribution in [3.8, 4) is 5.75 Å². The Hall–Kier alpha value is -2.50. The SMILES string of the molecule is Cc1ccc2[nH]c(=O)c(CNC(=O)COc3cc(Cl)ccc3Cl)cc2c1. The van der Waals surface area contributed by atoms with Gasteiger partial charge in [0.15, 0.2) is 6.61 Å². The van der Waals surface area contributed by atoms with E-state index in [1.807, 2.05) is 25.1 Å². The summed E-state index contributed by atoms with van der Waals surface area (Å²) in [5, 5.41) is 4.40. The Balaban J connectivity index is 1.64. The van der Waals surface area contributed by atoms with Gasteiger partial charge in [-0.15, -0.1) is 0 Å². The molecule has 0 atom stereocenters. The number of halogens is 2. The molecule has 3 rings (SSSR count). The number of benzene rings is 2. The number of carbonyl (C=O) groups is 1. The normalized spacial score (nSPS) is 10.7. The van der Waals surface area contributed by atoms with Gasteiger partial charge in [-0.05, 0) is 42.6 Å². The van der Waals surface area contributed by atoms with Crippen LogP contribution < -0.4 is 15.6 Å². The van der Waals surface area contributed by atoms with Crippen LogP contribution in [-0.4, -0.2) is 17.5 Å². The predicted octanol–water partition coefficient (Wildman–Crippen LogP) is 3.84. The number of aromatic nitrogens is 1. The summed E-state index contributed by atoms with van der Waals surface area (Å²) in [6.45, 7) is 1.85. The zero-order valence-corrected chi connectivity index (χ0v) is 15.4. The van der Waals surface area contributed by atoms with Crippen LogP contribution in [0.25, 0.3) is 10.9 Å². The molecule has 5 nitrogen and oxygen atoms in total. The van der Waals surface area contributed by atoms with Crippen molar-refractivity contribution in [3.05, 3.63) is 74.0 Å². The number of amides is 1. The van der Waals surface area contributed by atoms with Crippen LogP contribution in [0.4, 0.5) is 0 Å². The molecule has 1 aromatic heterocycles. The summed E-state index contributed by atoms with van der Waals surface area (Å²) in [7, 11) is 0. The number of H-pyrrole nitrogens is 1. The van der Waals surface area contributed by atoms with Gasteiger partial charge in [0, 0.05) is 28.7 Å². The summed E-state index contributed by atoms with van der Waals surface area (Å²) in [4.78, 5) is 26.9. The third kappa shape index (κ3) is 4.36. The van der Waals surface area contributed by atoms with Crippen molar-refractivity contribution in [2.75, 3.05) is 6.61 Å². The molecule has 0 aliphatic rings. The lowest BCUT2D eigenvalue weighted by Crippen LogP contribution is -2.30. The lowest BCUT2D eigenvalue weighted by atomic mass is 10.1. The number of fused-ring (bicyclic) bond motifs is 1. The molecule has 1 amide bonds. The van der Waals surface area contributed by atoms with Crippen LogP contribution >= 0.6 is 23.2 Å². The van der Waals surface area contributed by atoms with Crippen molar-refractivity contribution >= 4 is 40.0 Å². The Kier molecular flexibility index (Phi) is 5.49. The number of ether oxygens (including phenoxy) is 1. The van der Waals surface area contributed by atoms with E-state index < -0.39 is 0 Å². The minimum absolute atomic E-state index is 0.102. The maximum absolute atomic E-state index is 12.1. The van der Waals surface area contributed by atoms with Crippen molar-refractivity contribution < 1.29 is 9.53 Å². The fourth-order valence-corrected chi connectivity index (χ4v) is 2.81. The van der Waals surface area contributed by atoms with E-state index in [-0.39, 0.29) is 24.6 Å². The van der Waals surface area contributed by atoms with Gasteiger partial charge in [0.25, 0.3) is 11.5 Å². The molecule has 0 unspecified atom stereocenters. The number of carbonyl (C=O) groups excluding carboxylic acids is 1. The molecule has 134 valence electrons. The molecule has 0 aliphatic heterocycles. The van der Waals surface area contributed by atoms with Crippen molar-refractivity contribution in [1.82, 2.24) is 10.3 Å². The quantitative estimate of drug-likeness (QED) is 0.694. The smallest absolute Gasteiger partial charge is 0.258 e. The molecule has 2 aromatic carbocycles. The van der Waals surface area contributed by atoms with Crippen molar-refractivity contribution in [1.29, 1.82) is 0 Å². The molecular formula is C19H16Cl2N2O3. The molecular weight excluding hydrogens is 375 g/mol. The summed E-state index contributed by atoms with van der Waals surface area (Å²) in [5.41, 5.74) is 2.08. The van der Waals surface area contributed by atoms with E-state index in [2.05, 4.69) is 10.3 Å². The fraction of sp³-hybridized carbons (Fsp3) is 0.158. The maximum atomic E-state index is 12.1. The second-order valence-electron chi connectivity index (χ2n) is 5.85. The third-order valence-electron chi connectivity index (χ3n) is 3.80. The summed E-state index contributed by atoms with van der Waals surface area (Å²) in [6, 6.07) is 12.3. The van der Waals surface area contributed by atoms with Crippen LogP contribution in [-0.2, 0) is 11.3 Å². The van der Waals surface area contributed by atoms with Crippen LogP contribution in [0.15, 0.2) is 47.3 Å². The second-order valence-corrected chi connectivity index (χ2v) is 6.70. The first-order valence-corrected chi connectivity index (χ1v) is 8.65. The number of rotatable bonds is 5. The largest absolute Gasteiger partial charge is 0.482 e. The lowest BCUT2D eigenvalue weighted by molar-refractivity contribution is -0.123. The van der Waals surface area contributed by atoms with Crippen LogP contribution in [0.3, 0.4) is 0 Å². The Morgan fingerprint density at radius 3 is 2.77 bits per heavy atom. The second kappa shape index (κ2) is 7.81. The van der Waals surface area contributed by atoms with E-state index in [0.29, 0.717) is 21.4 Å². The van der Waals surface area contributed by atoms with Gasteiger partial charge >= 0.3 is 0 Å². The Labute approximate surface area is 159 Å². The molecule has 0 bridgehead atoms. The number of hydrogen-bond acceptors (Lipinski definition) is 3. The number of hydrogen-bond donors (Lipinski definition) is 2. The van der Waals surface area contributed by atoms with Gasteiger partial charge in [-0.2, -0.15) is 0 Å². The highest BCUT2D eigenvalue weighted by atomic mass is 35.5. The zero-order valence-electron chi connectivity index (χ0n) is 13.9. The maximum Gasteiger partial charge on any atom is 0.258 e. The van der Waals surface area contributed by atoms with E-state index in [0.717, 1.165) is 16.5 Å². The van der Waals surface area contributed by atoms with E-state index in [4.69, 9.17) is 27.9 Å². The molecule has 26 heavy (non-hydrogen) atoms. The Morgan fingerprint density at radius 2 is 1.96 bits per heavy atom. The van der Waals surface area contributed by atoms with Gasteiger partial charge in [0.1, 0.15) is 5.75 Å². The molecule has 0 fully saturated rings. The lowest BCUT2D eigenvalue weighted by Gasteiger charge is -2.09. The topological polar surface area (TPSA) is 71.2 Å². The molecule has 2 N–H and O–H groups in total. The fourth-order valence-electron chi connectivity index (χ4n) is 2.48. The van der Waals surface area contributed by atoms with Crippen LogP contribution in [0, 0.1) is 6.92 Å². The average Bonchev–Trinajstić information content (AvgIpc) is 2.61. The van der Waals surface area contributed by atoms with Gasteiger partial charge in [0.05, 0.1) is 5.02 Å². The predicted molar refractivity (Wildman–Crippen MR) is 103 cm³/mol. The highest BCUT2D eigenvalue weighted by Gasteiger charge is 2.09. The standard InChI is InChI=1S/C19H16Cl2N2O3/c1-11-2-5-16-12(6-11)7-13(19(25)23-16)9-22-18(24)10-26-17-8-14(20)3-4-15(17)21/h2-8H,9-10H2,1H3,(H,22,24)(H,23,25). The molecule has 3 aromatic rings. The average molecular weight is 391 g/mol. The summed E-state index contributed by atoms with van der Waals surface area (Å²) in [6.07, 6.45) is 0. The highest BCUT2D eigenvalue weighted by Crippen LogP contribution is 2.27. The van der Waals surface area contributed by atoms with Crippen molar-refractivity contribution in [2.45, 2.75) is 13.5 Å². The molecule has 0 radical (unpaired) electrons. The first kappa shape index (κ1) is 18.3. The van der Waals surface area contributed by atoms with Crippen LogP contribution in [0.5, 0.6) is 5.75 Å².